The highest BCUT2D eigenvalue weighted by Crippen LogP contribution is 2.54. The largest absolute Gasteiger partial charge is 0.495 e. The molecule has 8 nitrogen and oxygen atoms in total. The van der Waals surface area contributed by atoms with E-state index in [-0.39, 0.29) is 22.8 Å². The Balaban J connectivity index is 2.01. The van der Waals surface area contributed by atoms with Crippen LogP contribution >= 0.6 is 0 Å². The average Bonchev–Trinajstić information content (AvgIpc) is 3.00. The third kappa shape index (κ3) is 4.05. The summed E-state index contributed by atoms with van der Waals surface area (Å²) in [5.74, 6) is -3.63. The summed E-state index contributed by atoms with van der Waals surface area (Å²) < 4.78 is 52.3. The van der Waals surface area contributed by atoms with Crippen LogP contribution in [0.5, 0.6) is 5.75 Å². The summed E-state index contributed by atoms with van der Waals surface area (Å²) in [4.78, 5) is 32.3. The van der Waals surface area contributed by atoms with Gasteiger partial charge in [0, 0.05) is 29.9 Å². The second-order valence-electron chi connectivity index (χ2n) is 7.33. The molecular weight excluding hydrogens is 417 g/mol. The molecule has 1 aliphatic heterocycles. The third-order valence-corrected chi connectivity index (χ3v) is 5.54. The monoisotopic (exact) mass is 438 g/mol. The normalized spacial score (nSPS) is 25.8. The number of aromatic nitrogens is 2. The van der Waals surface area contributed by atoms with Gasteiger partial charge < -0.3 is 20.5 Å². The van der Waals surface area contributed by atoms with E-state index in [4.69, 9.17) is 15.2 Å². The molecule has 166 valence electrons. The van der Waals surface area contributed by atoms with Crippen LogP contribution in [0, 0.1) is 5.92 Å². The summed E-state index contributed by atoms with van der Waals surface area (Å²) in [5.41, 5.74) is 2.79. The van der Waals surface area contributed by atoms with Crippen molar-refractivity contribution in [1.82, 2.24) is 9.97 Å². The standard InChI is InChI=1S/C20H21F3N4O4/c1-10-14(15-13(30-3)5-4-7-26-15)16(31-19(10,2)20(21,22)23)18(29)27-11-6-8-25-12(9-11)17(24)28/h4-10,14,16H,1-3H3,(H2,24,28)(H,25,27,29)/t10-,14+,16-,19-/m0/s1. The number of primary amides is 1. The van der Waals surface area contributed by atoms with Gasteiger partial charge in [0.05, 0.1) is 12.8 Å². The molecule has 3 heterocycles. The quantitative estimate of drug-likeness (QED) is 0.742. The summed E-state index contributed by atoms with van der Waals surface area (Å²) in [7, 11) is 1.36. The summed E-state index contributed by atoms with van der Waals surface area (Å²) >= 11 is 0. The van der Waals surface area contributed by atoms with Crippen LogP contribution in [0.3, 0.4) is 0 Å². The summed E-state index contributed by atoms with van der Waals surface area (Å²) in [6.45, 7) is 2.27. The first-order valence-corrected chi connectivity index (χ1v) is 9.29. The fourth-order valence-corrected chi connectivity index (χ4v) is 3.65. The van der Waals surface area contributed by atoms with Crippen molar-refractivity contribution in [1.29, 1.82) is 0 Å². The van der Waals surface area contributed by atoms with Gasteiger partial charge in [-0.3, -0.25) is 19.6 Å². The van der Waals surface area contributed by atoms with Crippen molar-refractivity contribution in [3.63, 3.8) is 0 Å². The van der Waals surface area contributed by atoms with Crippen LogP contribution in [-0.2, 0) is 9.53 Å². The molecule has 0 spiro atoms. The Morgan fingerprint density at radius 1 is 1.26 bits per heavy atom. The molecule has 1 saturated heterocycles. The topological polar surface area (TPSA) is 116 Å². The summed E-state index contributed by atoms with van der Waals surface area (Å²) in [6.07, 6.45) is -3.62. The number of carbonyl (C=O) groups is 2. The molecule has 3 rings (SSSR count). The Bertz CT molecular complexity index is 1000. The van der Waals surface area contributed by atoms with Gasteiger partial charge in [0.15, 0.2) is 5.60 Å². The van der Waals surface area contributed by atoms with Gasteiger partial charge in [-0.25, -0.2) is 0 Å². The number of carbonyl (C=O) groups excluding carboxylic acids is 2. The van der Waals surface area contributed by atoms with Gasteiger partial charge in [-0.05, 0) is 31.2 Å². The molecule has 0 unspecified atom stereocenters. The zero-order chi connectivity index (χ0) is 23.0. The minimum atomic E-state index is -4.74. The molecule has 0 aromatic carbocycles. The van der Waals surface area contributed by atoms with E-state index in [1.54, 1.807) is 12.1 Å². The van der Waals surface area contributed by atoms with Gasteiger partial charge in [-0.15, -0.1) is 0 Å². The molecule has 11 heteroatoms. The molecule has 0 aliphatic carbocycles. The molecule has 2 amide bonds. The van der Waals surface area contributed by atoms with Crippen molar-refractivity contribution >= 4 is 17.5 Å². The van der Waals surface area contributed by atoms with Crippen molar-refractivity contribution in [3.05, 3.63) is 48.0 Å². The first kappa shape index (κ1) is 22.5. The predicted molar refractivity (Wildman–Crippen MR) is 103 cm³/mol. The molecule has 1 aliphatic rings. The van der Waals surface area contributed by atoms with E-state index in [9.17, 15) is 22.8 Å². The Hall–Kier alpha value is -3.21. The van der Waals surface area contributed by atoms with Crippen LogP contribution in [0.4, 0.5) is 18.9 Å². The Morgan fingerprint density at radius 2 is 1.97 bits per heavy atom. The van der Waals surface area contributed by atoms with Crippen molar-refractivity contribution in [2.24, 2.45) is 11.7 Å². The van der Waals surface area contributed by atoms with Crippen LogP contribution in [0.25, 0.3) is 0 Å². The number of amides is 2. The van der Waals surface area contributed by atoms with Gasteiger partial charge in [-0.2, -0.15) is 13.2 Å². The summed E-state index contributed by atoms with van der Waals surface area (Å²) in [6, 6.07) is 5.72. The number of hydrogen-bond acceptors (Lipinski definition) is 6. The van der Waals surface area contributed by atoms with E-state index in [1.165, 1.54) is 38.6 Å². The molecule has 1 fully saturated rings. The van der Waals surface area contributed by atoms with Crippen molar-refractivity contribution < 1.29 is 32.2 Å². The second kappa shape index (κ2) is 8.14. The van der Waals surface area contributed by atoms with Crippen LogP contribution in [0.1, 0.15) is 35.9 Å². The van der Waals surface area contributed by atoms with E-state index in [0.717, 1.165) is 6.92 Å². The lowest BCUT2D eigenvalue weighted by molar-refractivity contribution is -0.272. The number of pyridine rings is 2. The van der Waals surface area contributed by atoms with E-state index in [1.807, 2.05) is 0 Å². The molecule has 3 N–H and O–H groups in total. The predicted octanol–water partition coefficient (Wildman–Crippen LogP) is 2.66. The van der Waals surface area contributed by atoms with Gasteiger partial charge in [-0.1, -0.05) is 6.92 Å². The number of halogens is 3. The van der Waals surface area contributed by atoms with Gasteiger partial charge in [0.2, 0.25) is 0 Å². The molecule has 0 bridgehead atoms. The Labute approximate surface area is 176 Å². The van der Waals surface area contributed by atoms with Gasteiger partial charge >= 0.3 is 6.18 Å². The maximum absolute atomic E-state index is 13.9. The second-order valence-corrected chi connectivity index (χ2v) is 7.33. The smallest absolute Gasteiger partial charge is 0.417 e. The number of nitrogens with one attached hydrogen (secondary N) is 1. The molecule has 0 radical (unpaired) electrons. The zero-order valence-corrected chi connectivity index (χ0v) is 16.9. The van der Waals surface area contributed by atoms with Crippen LogP contribution in [0.15, 0.2) is 36.7 Å². The first-order chi connectivity index (χ1) is 14.5. The minimum Gasteiger partial charge on any atom is -0.495 e. The molecule has 4 atom stereocenters. The molecule has 0 saturated carbocycles. The highest BCUT2D eigenvalue weighted by molar-refractivity contribution is 5.97. The highest BCUT2D eigenvalue weighted by Gasteiger charge is 2.66. The fraction of sp³-hybridized carbons (Fsp3) is 0.400. The molecule has 31 heavy (non-hydrogen) atoms. The number of hydrogen-bond donors (Lipinski definition) is 2. The third-order valence-electron chi connectivity index (χ3n) is 5.54. The maximum atomic E-state index is 13.9. The zero-order valence-electron chi connectivity index (χ0n) is 16.9. The lowest BCUT2D eigenvalue weighted by Gasteiger charge is -2.31. The van der Waals surface area contributed by atoms with Crippen LogP contribution < -0.4 is 15.8 Å². The molecular formula is C20H21F3N4O4. The van der Waals surface area contributed by atoms with Crippen molar-refractivity contribution in [3.8, 4) is 5.75 Å². The number of nitrogens with zero attached hydrogens (tertiary/aromatic N) is 2. The molecule has 2 aromatic heterocycles. The fourth-order valence-electron chi connectivity index (χ4n) is 3.65. The van der Waals surface area contributed by atoms with E-state index >= 15 is 0 Å². The summed E-state index contributed by atoms with van der Waals surface area (Å²) in [5, 5.41) is 2.48. The lowest BCUT2D eigenvalue weighted by Crippen LogP contribution is -2.47. The van der Waals surface area contributed by atoms with Crippen molar-refractivity contribution in [2.75, 3.05) is 12.4 Å². The van der Waals surface area contributed by atoms with E-state index in [2.05, 4.69) is 15.3 Å². The minimum absolute atomic E-state index is 0.110. The van der Waals surface area contributed by atoms with Crippen molar-refractivity contribution in [2.45, 2.75) is 37.6 Å². The Kier molecular flexibility index (Phi) is 5.90. The number of nitrogens with two attached hydrogens (primary N) is 1. The number of methoxy groups -OCH3 is 1. The number of alkyl halides is 3. The SMILES string of the molecule is COc1cccnc1[C@@H]1[C@@H](C(=O)Nc2ccnc(C(N)=O)c2)O[C@](C)(C(F)(F)F)[C@H]1C. The van der Waals surface area contributed by atoms with Gasteiger partial charge in [0.1, 0.15) is 17.5 Å². The molecule has 2 aromatic rings. The number of anilines is 1. The highest BCUT2D eigenvalue weighted by atomic mass is 19.4. The van der Waals surface area contributed by atoms with Gasteiger partial charge in [0.25, 0.3) is 11.8 Å². The first-order valence-electron chi connectivity index (χ1n) is 9.29. The van der Waals surface area contributed by atoms with Crippen LogP contribution in [-0.4, -0.2) is 46.8 Å². The number of ether oxygens (including phenoxy) is 2. The van der Waals surface area contributed by atoms with E-state index in [0.29, 0.717) is 0 Å². The maximum Gasteiger partial charge on any atom is 0.417 e. The number of rotatable bonds is 5. The van der Waals surface area contributed by atoms with E-state index < -0.39 is 41.5 Å². The lowest BCUT2D eigenvalue weighted by atomic mass is 9.78. The van der Waals surface area contributed by atoms with Crippen LogP contribution in [0.2, 0.25) is 0 Å². The Morgan fingerprint density at radius 3 is 2.58 bits per heavy atom. The average molecular weight is 438 g/mol.